The van der Waals surface area contributed by atoms with E-state index in [2.05, 4.69) is 15.4 Å². The van der Waals surface area contributed by atoms with Gasteiger partial charge in [-0.05, 0) is 83.4 Å². The summed E-state index contributed by atoms with van der Waals surface area (Å²) in [4.78, 5) is 73.8. The number of ether oxygens (including phenoxy) is 1. The minimum atomic E-state index is -4.00. The van der Waals surface area contributed by atoms with Gasteiger partial charge in [-0.3, -0.25) is 24.0 Å². The Bertz CT molecular complexity index is 1810. The molecule has 2 saturated carbocycles. The van der Waals surface area contributed by atoms with Crippen molar-refractivity contribution in [3.05, 3.63) is 46.5 Å². The summed E-state index contributed by atoms with van der Waals surface area (Å²) in [6.45, 7) is 7.61. The second kappa shape index (κ2) is 14.4. The van der Waals surface area contributed by atoms with Crippen LogP contribution in [0.15, 0.2) is 30.4 Å². The summed E-state index contributed by atoms with van der Waals surface area (Å²) < 4.78 is 33.3. The molecule has 16 heteroatoms. The first-order chi connectivity index (χ1) is 24.8. The molecule has 290 valence electrons. The van der Waals surface area contributed by atoms with Crippen LogP contribution in [0.5, 0.6) is 0 Å². The Morgan fingerprint density at radius 2 is 1.83 bits per heavy atom. The number of sulfonamides is 1. The second-order valence-corrected chi connectivity index (χ2v) is 19.0. The molecule has 3 heterocycles. The number of benzene rings is 1. The molecule has 1 aromatic rings. The number of nitrogens with zero attached hydrogens (tertiary/aromatic N) is 3. The van der Waals surface area contributed by atoms with Crippen LogP contribution in [0.2, 0.25) is 5.02 Å². The van der Waals surface area contributed by atoms with Crippen LogP contribution in [-0.2, 0) is 42.2 Å². The van der Waals surface area contributed by atoms with Crippen molar-refractivity contribution in [3.63, 3.8) is 0 Å². The summed E-state index contributed by atoms with van der Waals surface area (Å²) >= 11 is 6.37. The molecule has 1 saturated heterocycles. The van der Waals surface area contributed by atoms with Crippen molar-refractivity contribution in [2.75, 3.05) is 13.6 Å². The summed E-state index contributed by atoms with van der Waals surface area (Å²) in [5.74, 6) is -2.46. The van der Waals surface area contributed by atoms with Crippen LogP contribution in [0.25, 0.3) is 0 Å². The first-order valence-electron chi connectivity index (χ1n) is 18.5. The van der Waals surface area contributed by atoms with Crippen LogP contribution in [0.1, 0.15) is 96.6 Å². The van der Waals surface area contributed by atoms with Crippen molar-refractivity contribution in [1.29, 1.82) is 0 Å². The molecule has 1 aromatic carbocycles. The molecule has 5 aliphatic rings. The largest absolute Gasteiger partial charge is 0.444 e. The lowest BCUT2D eigenvalue weighted by Gasteiger charge is -2.35. The summed E-state index contributed by atoms with van der Waals surface area (Å²) in [6.07, 6.45) is 6.41. The Morgan fingerprint density at radius 1 is 1.09 bits per heavy atom. The lowest BCUT2D eigenvalue weighted by molar-refractivity contribution is -0.141. The Balaban J connectivity index is 1.27. The van der Waals surface area contributed by atoms with Crippen molar-refractivity contribution < 1.29 is 37.1 Å². The van der Waals surface area contributed by atoms with Gasteiger partial charge in [-0.2, -0.15) is 0 Å². The number of urea groups is 1. The van der Waals surface area contributed by atoms with Crippen LogP contribution in [0.4, 0.5) is 9.59 Å². The first-order valence-corrected chi connectivity index (χ1v) is 20.3. The van der Waals surface area contributed by atoms with E-state index in [0.717, 1.165) is 24.0 Å². The summed E-state index contributed by atoms with van der Waals surface area (Å²) in [5, 5.41) is 6.28. The van der Waals surface area contributed by atoms with Gasteiger partial charge < -0.3 is 25.2 Å². The van der Waals surface area contributed by atoms with Gasteiger partial charge in [0.15, 0.2) is 0 Å². The quantitative estimate of drug-likeness (QED) is 0.377. The third kappa shape index (κ3) is 8.01. The van der Waals surface area contributed by atoms with E-state index in [1.54, 1.807) is 20.0 Å². The average molecular weight is 775 g/mol. The molecule has 3 N–H and O–H groups in total. The Kier molecular flexibility index (Phi) is 10.6. The van der Waals surface area contributed by atoms with Crippen molar-refractivity contribution in [1.82, 2.24) is 30.1 Å². The summed E-state index contributed by atoms with van der Waals surface area (Å²) in [5.41, 5.74) is -0.350. The molecule has 6 rings (SSSR count). The number of carbonyl (C=O) groups excluding carboxylic acids is 5. The van der Waals surface area contributed by atoms with E-state index in [1.807, 2.05) is 45.1 Å². The van der Waals surface area contributed by atoms with Crippen molar-refractivity contribution in [3.8, 4) is 0 Å². The Morgan fingerprint density at radius 3 is 2.51 bits per heavy atom. The molecule has 0 radical (unpaired) electrons. The molecule has 0 unspecified atom stereocenters. The fourth-order valence-corrected chi connectivity index (χ4v) is 8.79. The molecule has 53 heavy (non-hydrogen) atoms. The standard InChI is InChI=1S/C37H51ClN6O8S/c1-35(2,3)42(5)33(48)39-28-15-10-8-6-7-9-13-24-19-37(24,32(47)41-53(50,51)36(4)16-17-36)40-30(45)29-18-25(21-44(29)31(28)46)52-34(49)43-20-23-12-11-14-27(38)26(23)22-43/h9,11-14,24-25,28-29H,6-8,10,15-22H2,1-5H3,(H,39,48)(H,40,45)(H,41,47)/t24-,25-,28+,29+,37-/m1/s1. The van der Waals surface area contributed by atoms with Crippen LogP contribution in [0, 0.1) is 5.92 Å². The SMILES string of the molecule is CN(C(=O)N[C@H]1CCCCCC=C[C@@H]2C[C@@]2(C(=O)NS(=O)(=O)C2(C)CC2)NC(=O)[C@@H]2C[C@@H](OC(=O)N3Cc4cccc(Cl)c4C3)CN2C1=O)C(C)(C)C. The topological polar surface area (TPSA) is 175 Å². The summed E-state index contributed by atoms with van der Waals surface area (Å²) in [6, 6.07) is 2.84. The Hall–Kier alpha value is -3.85. The van der Waals surface area contributed by atoms with Gasteiger partial charge in [-0.1, -0.05) is 48.7 Å². The smallest absolute Gasteiger partial charge is 0.410 e. The van der Waals surface area contributed by atoms with Crippen LogP contribution >= 0.6 is 11.6 Å². The first kappa shape index (κ1) is 38.9. The zero-order valence-corrected chi connectivity index (χ0v) is 32.6. The van der Waals surface area contributed by atoms with Gasteiger partial charge in [0.1, 0.15) is 23.7 Å². The molecule has 14 nitrogen and oxygen atoms in total. The van der Waals surface area contributed by atoms with Gasteiger partial charge in [0.05, 0.1) is 17.8 Å². The lowest BCUT2D eigenvalue weighted by Crippen LogP contribution is -2.59. The second-order valence-electron chi connectivity index (χ2n) is 16.4. The third-order valence-corrected chi connectivity index (χ3v) is 14.0. The number of allylic oxidation sites excluding steroid dienone is 1. The van der Waals surface area contributed by atoms with Gasteiger partial charge in [0, 0.05) is 36.5 Å². The predicted octanol–water partition coefficient (Wildman–Crippen LogP) is 3.96. The normalized spacial score (nSPS) is 28.3. The van der Waals surface area contributed by atoms with E-state index >= 15 is 0 Å². The molecular weight excluding hydrogens is 724 g/mol. The number of carbonyl (C=O) groups is 5. The number of rotatable bonds is 5. The zero-order chi connectivity index (χ0) is 38.5. The highest BCUT2D eigenvalue weighted by molar-refractivity contribution is 7.91. The molecule has 3 aliphatic heterocycles. The maximum absolute atomic E-state index is 14.5. The Labute approximate surface area is 316 Å². The highest BCUT2D eigenvalue weighted by atomic mass is 35.5. The van der Waals surface area contributed by atoms with E-state index in [9.17, 15) is 32.4 Å². The van der Waals surface area contributed by atoms with Crippen LogP contribution in [0.3, 0.4) is 0 Å². The van der Waals surface area contributed by atoms with E-state index in [4.69, 9.17) is 16.3 Å². The number of hydrogen-bond acceptors (Lipinski definition) is 8. The van der Waals surface area contributed by atoms with Gasteiger partial charge in [-0.25, -0.2) is 18.0 Å². The van der Waals surface area contributed by atoms with E-state index < -0.39 is 79.8 Å². The number of amides is 6. The molecule has 3 fully saturated rings. The van der Waals surface area contributed by atoms with Crippen LogP contribution < -0.4 is 15.4 Å². The van der Waals surface area contributed by atoms with Crippen molar-refractivity contribution in [2.24, 2.45) is 5.92 Å². The minimum Gasteiger partial charge on any atom is -0.444 e. The molecular formula is C37H51ClN6O8S. The average Bonchev–Trinajstić information content (AvgIpc) is 3.88. The van der Waals surface area contributed by atoms with E-state index in [0.29, 0.717) is 37.1 Å². The van der Waals surface area contributed by atoms with Crippen LogP contribution in [-0.4, -0.2) is 101 Å². The fraction of sp³-hybridized carbons (Fsp3) is 0.649. The van der Waals surface area contributed by atoms with E-state index in [1.165, 1.54) is 14.7 Å². The lowest BCUT2D eigenvalue weighted by atomic mass is 10.0. The van der Waals surface area contributed by atoms with Gasteiger partial charge >= 0.3 is 12.1 Å². The zero-order valence-electron chi connectivity index (χ0n) is 31.1. The minimum absolute atomic E-state index is 0.0675. The highest BCUT2D eigenvalue weighted by Gasteiger charge is 2.63. The summed E-state index contributed by atoms with van der Waals surface area (Å²) in [7, 11) is -2.36. The fourth-order valence-electron chi connectivity index (χ4n) is 7.22. The van der Waals surface area contributed by atoms with Crippen molar-refractivity contribution >= 4 is 51.5 Å². The monoisotopic (exact) mass is 774 g/mol. The predicted molar refractivity (Wildman–Crippen MR) is 197 cm³/mol. The number of fused-ring (bicyclic) bond motifs is 3. The van der Waals surface area contributed by atoms with Gasteiger partial charge in [0.25, 0.3) is 5.91 Å². The maximum atomic E-state index is 14.5. The third-order valence-electron chi connectivity index (χ3n) is 11.5. The molecule has 2 aliphatic carbocycles. The molecule has 6 amide bonds. The van der Waals surface area contributed by atoms with E-state index in [-0.39, 0.29) is 32.5 Å². The molecule has 5 atom stereocenters. The number of nitrogens with one attached hydrogen (secondary N) is 3. The molecule has 0 aromatic heterocycles. The highest BCUT2D eigenvalue weighted by Crippen LogP contribution is 2.47. The molecule has 0 bridgehead atoms. The maximum Gasteiger partial charge on any atom is 0.410 e. The number of hydrogen-bond donors (Lipinski definition) is 3. The van der Waals surface area contributed by atoms with Crippen molar-refractivity contribution in [2.45, 2.75) is 133 Å². The number of halogens is 1. The molecule has 0 spiro atoms. The van der Waals surface area contributed by atoms with Gasteiger partial charge in [-0.15, -0.1) is 0 Å². The van der Waals surface area contributed by atoms with Gasteiger partial charge in [0.2, 0.25) is 21.8 Å².